The molecule has 0 bridgehead atoms. The predicted octanol–water partition coefficient (Wildman–Crippen LogP) is 3.39. The molecular formula is C17H18N4O2S. The third-order valence-corrected chi connectivity index (χ3v) is 5.25. The molecule has 0 radical (unpaired) electrons. The van der Waals surface area contributed by atoms with Crippen molar-refractivity contribution in [2.24, 2.45) is 11.7 Å². The molecular weight excluding hydrogens is 324 g/mol. The van der Waals surface area contributed by atoms with Crippen LogP contribution in [0.25, 0.3) is 22.1 Å². The van der Waals surface area contributed by atoms with Gasteiger partial charge >= 0.3 is 0 Å². The number of carbonyl (C=O) groups excluding carboxylic acids is 1. The Morgan fingerprint density at radius 1 is 1.38 bits per heavy atom. The Labute approximate surface area is 143 Å². The summed E-state index contributed by atoms with van der Waals surface area (Å²) in [4.78, 5) is 16.4. The third kappa shape index (κ3) is 2.65. The van der Waals surface area contributed by atoms with E-state index in [0.29, 0.717) is 11.5 Å². The monoisotopic (exact) mass is 342 g/mol. The van der Waals surface area contributed by atoms with E-state index in [1.54, 1.807) is 0 Å². The number of nitrogens with two attached hydrogens (primary N) is 1. The highest BCUT2D eigenvalue weighted by Crippen LogP contribution is 2.36. The van der Waals surface area contributed by atoms with Crippen molar-refractivity contribution in [3.05, 3.63) is 34.5 Å². The molecule has 0 saturated heterocycles. The van der Waals surface area contributed by atoms with E-state index in [9.17, 15) is 4.79 Å². The van der Waals surface area contributed by atoms with Crippen LogP contribution in [0.2, 0.25) is 0 Å². The predicted molar refractivity (Wildman–Crippen MR) is 91.8 cm³/mol. The summed E-state index contributed by atoms with van der Waals surface area (Å²) in [5.74, 6) is 1.04. The molecule has 1 aliphatic rings. The van der Waals surface area contributed by atoms with Gasteiger partial charge in [0.1, 0.15) is 16.5 Å². The van der Waals surface area contributed by atoms with Crippen LogP contribution in [0.5, 0.6) is 0 Å². The van der Waals surface area contributed by atoms with Crippen LogP contribution in [0, 0.1) is 19.8 Å². The largest absolute Gasteiger partial charge is 0.366 e. The van der Waals surface area contributed by atoms with Crippen LogP contribution in [0.3, 0.4) is 0 Å². The van der Waals surface area contributed by atoms with Crippen molar-refractivity contribution < 1.29 is 9.32 Å². The SMILES string of the molecule is Cc1cc(-c2nc(-c3cc(C(N)=O)c(C)n3CC3CC3)cs2)no1. The lowest BCUT2D eigenvalue weighted by atomic mass is 10.2. The summed E-state index contributed by atoms with van der Waals surface area (Å²) in [6.07, 6.45) is 2.48. The molecule has 0 aromatic carbocycles. The third-order valence-electron chi connectivity index (χ3n) is 4.38. The number of hydrogen-bond donors (Lipinski definition) is 1. The van der Waals surface area contributed by atoms with Crippen LogP contribution in [-0.4, -0.2) is 20.6 Å². The van der Waals surface area contributed by atoms with Crippen molar-refractivity contribution in [3.63, 3.8) is 0 Å². The van der Waals surface area contributed by atoms with Crippen molar-refractivity contribution in [1.29, 1.82) is 0 Å². The molecule has 3 aromatic heterocycles. The van der Waals surface area contributed by atoms with Gasteiger partial charge in [-0.25, -0.2) is 4.98 Å². The van der Waals surface area contributed by atoms with E-state index in [4.69, 9.17) is 10.3 Å². The van der Waals surface area contributed by atoms with Crippen molar-refractivity contribution in [3.8, 4) is 22.1 Å². The molecule has 7 heteroatoms. The van der Waals surface area contributed by atoms with E-state index >= 15 is 0 Å². The van der Waals surface area contributed by atoms with Crippen LogP contribution in [0.15, 0.2) is 22.0 Å². The smallest absolute Gasteiger partial charge is 0.250 e. The van der Waals surface area contributed by atoms with Crippen LogP contribution >= 0.6 is 11.3 Å². The molecule has 24 heavy (non-hydrogen) atoms. The second-order valence-electron chi connectivity index (χ2n) is 6.31. The van der Waals surface area contributed by atoms with Gasteiger partial charge in [-0.2, -0.15) is 0 Å². The minimum absolute atomic E-state index is 0.397. The van der Waals surface area contributed by atoms with Crippen LogP contribution < -0.4 is 5.73 Å². The lowest BCUT2D eigenvalue weighted by Gasteiger charge is -2.09. The molecule has 1 aliphatic carbocycles. The molecule has 3 heterocycles. The maximum atomic E-state index is 11.7. The Hall–Kier alpha value is -2.41. The average molecular weight is 342 g/mol. The highest BCUT2D eigenvalue weighted by molar-refractivity contribution is 7.13. The Kier molecular flexibility index (Phi) is 3.53. The highest BCUT2D eigenvalue weighted by atomic mass is 32.1. The maximum Gasteiger partial charge on any atom is 0.250 e. The molecule has 3 aromatic rings. The molecule has 1 amide bonds. The first-order valence-corrected chi connectivity index (χ1v) is 8.80. The van der Waals surface area contributed by atoms with E-state index in [2.05, 4.69) is 14.7 Å². The summed E-state index contributed by atoms with van der Waals surface area (Å²) in [6.45, 7) is 4.71. The summed E-state index contributed by atoms with van der Waals surface area (Å²) in [5, 5.41) is 6.81. The molecule has 124 valence electrons. The zero-order chi connectivity index (χ0) is 16.8. The van der Waals surface area contributed by atoms with E-state index in [0.717, 1.165) is 40.1 Å². The Bertz CT molecular complexity index is 917. The number of aryl methyl sites for hydroxylation is 1. The zero-order valence-electron chi connectivity index (χ0n) is 13.6. The fraction of sp³-hybridized carbons (Fsp3) is 0.353. The number of hydrogen-bond acceptors (Lipinski definition) is 5. The first kappa shape index (κ1) is 15.1. The Balaban J connectivity index is 1.76. The second-order valence-corrected chi connectivity index (χ2v) is 7.17. The van der Waals surface area contributed by atoms with Gasteiger partial charge in [0.05, 0.1) is 17.0 Å². The fourth-order valence-electron chi connectivity index (χ4n) is 2.88. The van der Waals surface area contributed by atoms with Crippen LogP contribution in [0.4, 0.5) is 0 Å². The zero-order valence-corrected chi connectivity index (χ0v) is 14.4. The van der Waals surface area contributed by atoms with Crippen molar-refractivity contribution >= 4 is 17.2 Å². The van der Waals surface area contributed by atoms with Gasteiger partial charge in [-0.3, -0.25) is 4.79 Å². The number of nitrogens with zero attached hydrogens (tertiary/aromatic N) is 3. The van der Waals surface area contributed by atoms with Gasteiger partial charge in [0, 0.05) is 23.7 Å². The van der Waals surface area contributed by atoms with E-state index in [1.807, 2.05) is 31.4 Å². The van der Waals surface area contributed by atoms with E-state index in [1.165, 1.54) is 24.2 Å². The highest BCUT2D eigenvalue weighted by Gasteiger charge is 2.26. The van der Waals surface area contributed by atoms with Crippen molar-refractivity contribution in [1.82, 2.24) is 14.7 Å². The minimum atomic E-state index is -0.397. The maximum absolute atomic E-state index is 11.7. The van der Waals surface area contributed by atoms with Gasteiger partial charge in [0.25, 0.3) is 5.91 Å². The standard InChI is InChI=1S/C17H18N4O2S/c1-9-5-13(20-23-9)17-19-14(8-24-17)15-6-12(16(18)22)10(2)21(15)7-11-3-4-11/h5-6,8,11H,3-4,7H2,1-2H3,(H2,18,22). The lowest BCUT2D eigenvalue weighted by molar-refractivity contribution is 0.0999. The van der Waals surface area contributed by atoms with Gasteiger partial charge in [0.15, 0.2) is 0 Å². The number of primary amides is 1. The molecule has 0 spiro atoms. The van der Waals surface area contributed by atoms with E-state index in [-0.39, 0.29) is 0 Å². The molecule has 1 fully saturated rings. The van der Waals surface area contributed by atoms with Gasteiger partial charge in [-0.15, -0.1) is 11.3 Å². The van der Waals surface area contributed by atoms with Gasteiger partial charge in [-0.05, 0) is 38.7 Å². The van der Waals surface area contributed by atoms with E-state index < -0.39 is 5.91 Å². The summed E-state index contributed by atoms with van der Waals surface area (Å²) in [5.41, 5.74) is 9.52. The van der Waals surface area contributed by atoms with Crippen molar-refractivity contribution in [2.75, 3.05) is 0 Å². The first-order valence-electron chi connectivity index (χ1n) is 7.92. The van der Waals surface area contributed by atoms with Crippen LogP contribution in [0.1, 0.15) is 34.7 Å². The summed E-state index contributed by atoms with van der Waals surface area (Å²) in [7, 11) is 0. The topological polar surface area (TPSA) is 86.9 Å². The molecule has 0 atom stereocenters. The molecule has 2 N–H and O–H groups in total. The summed E-state index contributed by atoms with van der Waals surface area (Å²) in [6, 6.07) is 3.72. The average Bonchev–Trinajstić information content (AvgIpc) is 2.93. The minimum Gasteiger partial charge on any atom is -0.366 e. The summed E-state index contributed by atoms with van der Waals surface area (Å²) >= 11 is 1.51. The molecule has 1 saturated carbocycles. The number of carbonyl (C=O) groups is 1. The first-order chi connectivity index (χ1) is 11.5. The van der Waals surface area contributed by atoms with Crippen LogP contribution in [-0.2, 0) is 6.54 Å². The van der Waals surface area contributed by atoms with Gasteiger partial charge in [-0.1, -0.05) is 5.16 Å². The number of thiazole rings is 1. The Morgan fingerprint density at radius 3 is 2.79 bits per heavy atom. The van der Waals surface area contributed by atoms with Gasteiger partial charge < -0.3 is 14.8 Å². The fourth-order valence-corrected chi connectivity index (χ4v) is 3.64. The normalized spacial score (nSPS) is 14.2. The molecule has 0 unspecified atom stereocenters. The Morgan fingerprint density at radius 2 is 2.17 bits per heavy atom. The number of rotatable bonds is 5. The van der Waals surface area contributed by atoms with Crippen molar-refractivity contribution in [2.45, 2.75) is 33.2 Å². The summed E-state index contributed by atoms with van der Waals surface area (Å²) < 4.78 is 7.29. The quantitative estimate of drug-likeness (QED) is 0.770. The van der Waals surface area contributed by atoms with Gasteiger partial charge in [0.2, 0.25) is 0 Å². The second kappa shape index (κ2) is 5.59. The number of aromatic nitrogens is 3. The lowest BCUT2D eigenvalue weighted by Crippen LogP contribution is -2.12. The number of amides is 1. The molecule has 6 nitrogen and oxygen atoms in total. The molecule has 0 aliphatic heterocycles. The molecule has 4 rings (SSSR count).